The van der Waals surface area contributed by atoms with Gasteiger partial charge in [0.15, 0.2) is 0 Å². The Balaban J connectivity index is 1.26. The molecule has 2 amide bonds. The Morgan fingerprint density at radius 3 is 2.78 bits per heavy atom. The molecule has 36 heavy (non-hydrogen) atoms. The number of piperidine rings is 1. The quantitative estimate of drug-likeness (QED) is 0.310. The Labute approximate surface area is 223 Å². The Kier molecular flexibility index (Phi) is 7.25. The summed E-state index contributed by atoms with van der Waals surface area (Å²) in [6.45, 7) is 4.86. The summed E-state index contributed by atoms with van der Waals surface area (Å²) in [6, 6.07) is 13.8. The number of aryl methyl sites for hydroxylation is 1. The van der Waals surface area contributed by atoms with Crippen LogP contribution < -0.4 is 5.32 Å². The number of likely N-dealkylation sites (tertiary alicyclic amines) is 1. The first kappa shape index (κ1) is 24.7. The first-order valence-electron chi connectivity index (χ1n) is 12.2. The summed E-state index contributed by atoms with van der Waals surface area (Å²) >= 11 is 5.23. The maximum atomic E-state index is 13.5. The van der Waals surface area contributed by atoms with E-state index in [0.717, 1.165) is 55.6 Å². The Morgan fingerprint density at radius 1 is 1.22 bits per heavy atom. The standard InChI is InChI=1S/C28H29BrN4O2S/c1-17-6-7-24-23(12-17)21(15-30-24)14-25(31-18(2)34)28(35)33-10-8-19(9-11-33)27-32-26(16-36-27)20-4-3-5-22(29)13-20/h3-7,12-13,15-16,19,25,30H,8-11,14H2,1-2H3,(H,31,34). The number of amides is 2. The second kappa shape index (κ2) is 10.6. The molecule has 0 bridgehead atoms. The van der Waals surface area contributed by atoms with E-state index in [9.17, 15) is 9.59 Å². The van der Waals surface area contributed by atoms with E-state index in [4.69, 9.17) is 4.98 Å². The number of thiazole rings is 1. The summed E-state index contributed by atoms with van der Waals surface area (Å²) in [7, 11) is 0. The molecule has 0 saturated carbocycles. The van der Waals surface area contributed by atoms with Crippen molar-refractivity contribution in [3.8, 4) is 11.3 Å². The van der Waals surface area contributed by atoms with Gasteiger partial charge in [-0.15, -0.1) is 11.3 Å². The fraction of sp³-hybridized carbons (Fsp3) is 0.321. The first-order chi connectivity index (χ1) is 17.4. The highest BCUT2D eigenvalue weighted by atomic mass is 79.9. The molecule has 2 N–H and O–H groups in total. The molecule has 2 aromatic heterocycles. The predicted molar refractivity (Wildman–Crippen MR) is 148 cm³/mol. The average Bonchev–Trinajstić information content (AvgIpc) is 3.51. The third kappa shape index (κ3) is 5.39. The fourth-order valence-electron chi connectivity index (χ4n) is 4.95. The number of hydrogen-bond donors (Lipinski definition) is 2. The molecular formula is C28H29BrN4O2S. The molecule has 0 aliphatic carbocycles. The van der Waals surface area contributed by atoms with Crippen LogP contribution in [0.4, 0.5) is 0 Å². The molecule has 1 fully saturated rings. The Bertz CT molecular complexity index is 1400. The zero-order valence-corrected chi connectivity index (χ0v) is 22.8. The smallest absolute Gasteiger partial charge is 0.245 e. The monoisotopic (exact) mass is 564 g/mol. The van der Waals surface area contributed by atoms with Gasteiger partial charge in [-0.1, -0.05) is 39.7 Å². The van der Waals surface area contributed by atoms with Crippen LogP contribution in [-0.2, 0) is 16.0 Å². The van der Waals surface area contributed by atoms with Gasteiger partial charge in [0.1, 0.15) is 6.04 Å². The topological polar surface area (TPSA) is 78.1 Å². The zero-order chi connectivity index (χ0) is 25.2. The SMILES string of the molecule is CC(=O)NC(Cc1c[nH]c2ccc(C)cc12)C(=O)N1CCC(c2nc(-c3cccc(Br)c3)cs2)CC1. The molecule has 1 aliphatic heterocycles. The van der Waals surface area contributed by atoms with Gasteiger partial charge in [0.25, 0.3) is 0 Å². The van der Waals surface area contributed by atoms with Crippen LogP contribution in [0.15, 0.2) is 58.5 Å². The lowest BCUT2D eigenvalue weighted by atomic mass is 9.96. The number of hydrogen-bond acceptors (Lipinski definition) is 4. The number of aromatic amines is 1. The maximum absolute atomic E-state index is 13.5. The molecule has 1 saturated heterocycles. The largest absolute Gasteiger partial charge is 0.361 e. The number of fused-ring (bicyclic) bond motifs is 1. The number of rotatable bonds is 6. The lowest BCUT2D eigenvalue weighted by molar-refractivity contribution is -0.137. The number of carbonyl (C=O) groups excluding carboxylic acids is 2. The zero-order valence-electron chi connectivity index (χ0n) is 20.4. The van der Waals surface area contributed by atoms with Gasteiger partial charge < -0.3 is 15.2 Å². The minimum atomic E-state index is -0.582. The summed E-state index contributed by atoms with van der Waals surface area (Å²) in [5.41, 5.74) is 5.34. The van der Waals surface area contributed by atoms with E-state index >= 15 is 0 Å². The fourth-order valence-corrected chi connectivity index (χ4v) is 6.35. The van der Waals surface area contributed by atoms with Crippen molar-refractivity contribution in [3.05, 3.63) is 74.6 Å². The Morgan fingerprint density at radius 2 is 2.03 bits per heavy atom. The van der Waals surface area contributed by atoms with Crippen LogP contribution >= 0.6 is 27.3 Å². The minimum absolute atomic E-state index is 0.0142. The molecule has 186 valence electrons. The number of H-pyrrole nitrogens is 1. The molecule has 1 atom stereocenters. The van der Waals surface area contributed by atoms with Crippen molar-refractivity contribution in [1.82, 2.24) is 20.2 Å². The molecule has 6 nitrogen and oxygen atoms in total. The van der Waals surface area contributed by atoms with E-state index in [1.807, 2.05) is 23.2 Å². The number of nitrogens with zero attached hydrogens (tertiary/aromatic N) is 2. The molecule has 1 unspecified atom stereocenters. The number of carbonyl (C=O) groups is 2. The van der Waals surface area contributed by atoms with Gasteiger partial charge in [0, 0.05) is 64.9 Å². The van der Waals surface area contributed by atoms with E-state index in [2.05, 4.69) is 68.9 Å². The van der Waals surface area contributed by atoms with Crippen molar-refractivity contribution in [2.75, 3.05) is 13.1 Å². The third-order valence-corrected chi connectivity index (χ3v) is 8.32. The van der Waals surface area contributed by atoms with Crippen molar-refractivity contribution in [2.24, 2.45) is 0 Å². The lowest BCUT2D eigenvalue weighted by Crippen LogP contribution is -2.51. The first-order valence-corrected chi connectivity index (χ1v) is 13.9. The van der Waals surface area contributed by atoms with E-state index in [1.54, 1.807) is 11.3 Å². The van der Waals surface area contributed by atoms with E-state index in [0.29, 0.717) is 25.4 Å². The van der Waals surface area contributed by atoms with Crippen LogP contribution in [0.25, 0.3) is 22.2 Å². The summed E-state index contributed by atoms with van der Waals surface area (Å²) in [4.78, 5) is 35.6. The molecule has 1 aliphatic rings. The average molecular weight is 566 g/mol. The van der Waals surface area contributed by atoms with Crippen LogP contribution in [-0.4, -0.2) is 45.8 Å². The molecule has 8 heteroatoms. The summed E-state index contributed by atoms with van der Waals surface area (Å²) < 4.78 is 1.04. The van der Waals surface area contributed by atoms with E-state index in [1.165, 1.54) is 6.92 Å². The van der Waals surface area contributed by atoms with Crippen LogP contribution in [0.1, 0.15) is 41.8 Å². The molecule has 2 aromatic carbocycles. The van der Waals surface area contributed by atoms with Gasteiger partial charge in [-0.3, -0.25) is 9.59 Å². The predicted octanol–water partition coefficient (Wildman–Crippen LogP) is 5.82. The maximum Gasteiger partial charge on any atom is 0.245 e. The normalized spacial score (nSPS) is 15.2. The summed E-state index contributed by atoms with van der Waals surface area (Å²) in [5, 5.41) is 7.25. The van der Waals surface area contributed by atoms with Crippen LogP contribution in [0.3, 0.4) is 0 Å². The summed E-state index contributed by atoms with van der Waals surface area (Å²) in [6.07, 6.45) is 4.15. The van der Waals surface area contributed by atoms with Gasteiger partial charge in [0.05, 0.1) is 10.7 Å². The number of halogens is 1. The van der Waals surface area contributed by atoms with E-state index < -0.39 is 6.04 Å². The van der Waals surface area contributed by atoms with E-state index in [-0.39, 0.29) is 11.8 Å². The van der Waals surface area contributed by atoms with Crippen molar-refractivity contribution in [3.63, 3.8) is 0 Å². The highest BCUT2D eigenvalue weighted by Gasteiger charge is 2.31. The van der Waals surface area contributed by atoms with Crippen LogP contribution in [0, 0.1) is 6.92 Å². The highest BCUT2D eigenvalue weighted by Crippen LogP contribution is 2.34. The van der Waals surface area contributed by atoms with Crippen molar-refractivity contribution in [2.45, 2.75) is 45.1 Å². The Hall–Kier alpha value is -2.97. The molecular weight excluding hydrogens is 536 g/mol. The van der Waals surface area contributed by atoms with Gasteiger partial charge in [0.2, 0.25) is 11.8 Å². The highest BCUT2D eigenvalue weighted by molar-refractivity contribution is 9.10. The van der Waals surface area contributed by atoms with Gasteiger partial charge in [-0.25, -0.2) is 4.98 Å². The minimum Gasteiger partial charge on any atom is -0.361 e. The summed E-state index contributed by atoms with van der Waals surface area (Å²) in [5.74, 6) is 0.137. The van der Waals surface area contributed by atoms with Gasteiger partial charge in [-0.05, 0) is 49.6 Å². The van der Waals surface area contributed by atoms with Crippen LogP contribution in [0.2, 0.25) is 0 Å². The van der Waals surface area contributed by atoms with Gasteiger partial charge in [-0.2, -0.15) is 0 Å². The van der Waals surface area contributed by atoms with Crippen LogP contribution in [0.5, 0.6) is 0 Å². The molecule has 0 radical (unpaired) electrons. The number of nitrogens with one attached hydrogen (secondary N) is 2. The second-order valence-electron chi connectivity index (χ2n) is 9.50. The third-order valence-electron chi connectivity index (χ3n) is 6.82. The molecule has 0 spiro atoms. The number of benzene rings is 2. The molecule has 4 aromatic rings. The number of aromatic nitrogens is 2. The van der Waals surface area contributed by atoms with Crippen molar-refractivity contribution < 1.29 is 9.59 Å². The molecule has 5 rings (SSSR count). The lowest BCUT2D eigenvalue weighted by Gasteiger charge is -2.33. The van der Waals surface area contributed by atoms with Crippen molar-refractivity contribution in [1.29, 1.82) is 0 Å². The van der Waals surface area contributed by atoms with Gasteiger partial charge >= 0.3 is 0 Å². The second-order valence-corrected chi connectivity index (χ2v) is 11.3. The van der Waals surface area contributed by atoms with Crippen molar-refractivity contribution >= 4 is 50.0 Å². The molecule has 3 heterocycles.